The van der Waals surface area contributed by atoms with E-state index in [1.54, 1.807) is 19.1 Å². The van der Waals surface area contributed by atoms with E-state index in [0.717, 1.165) is 12.8 Å². The lowest BCUT2D eigenvalue weighted by Gasteiger charge is -2.07. The van der Waals surface area contributed by atoms with E-state index in [1.165, 1.54) is 18.9 Å². The Hall–Kier alpha value is -1.60. The van der Waals surface area contributed by atoms with Gasteiger partial charge in [-0.05, 0) is 43.4 Å². The van der Waals surface area contributed by atoms with Gasteiger partial charge in [0, 0.05) is 11.4 Å². The molecule has 1 aromatic heterocycles. The topological polar surface area (TPSA) is 85.1 Å². The molecule has 2 aromatic rings. The zero-order chi connectivity index (χ0) is 16.4. The molecule has 1 fully saturated rings. The largest absolute Gasteiger partial charge is 0.407 e. The summed E-state index contributed by atoms with van der Waals surface area (Å²) in [6.07, 6.45) is 5.47. The van der Waals surface area contributed by atoms with Gasteiger partial charge in [0.2, 0.25) is 5.89 Å². The monoisotopic (exact) mass is 355 g/mol. The second-order valence-electron chi connectivity index (χ2n) is 5.87. The van der Waals surface area contributed by atoms with Crippen molar-refractivity contribution in [2.24, 2.45) is 5.92 Å². The molecule has 23 heavy (non-hydrogen) atoms. The van der Waals surface area contributed by atoms with E-state index in [9.17, 15) is 8.42 Å². The summed E-state index contributed by atoms with van der Waals surface area (Å²) in [6.45, 7) is 1.70. The number of aryl methyl sites for hydroxylation is 1. The summed E-state index contributed by atoms with van der Waals surface area (Å²) in [5, 5.41) is 8.06. The molecule has 124 valence electrons. The molecule has 3 rings (SSSR count). The molecule has 1 saturated carbocycles. The Balaban J connectivity index is 1.75. The standard InChI is InChI=1S/C15H18ClN3O3S/c1-10-6-7-12(16)9-13(10)23(20,21)19-15-18-17-14(22-15)8-11-4-2-3-5-11/h6-7,9,11H,2-5,8H2,1H3,(H,18,19). The minimum Gasteiger partial charge on any atom is -0.407 e. The van der Waals surface area contributed by atoms with Gasteiger partial charge in [0.15, 0.2) is 0 Å². The predicted octanol–water partition coefficient (Wildman–Crippen LogP) is 3.56. The second-order valence-corrected chi connectivity index (χ2v) is 7.96. The Kier molecular flexibility index (Phi) is 4.59. The van der Waals surface area contributed by atoms with E-state index < -0.39 is 10.0 Å². The molecule has 0 unspecified atom stereocenters. The van der Waals surface area contributed by atoms with Gasteiger partial charge in [-0.2, -0.15) is 0 Å². The molecule has 0 bridgehead atoms. The Labute approximate surface area is 140 Å². The second kappa shape index (κ2) is 6.49. The fourth-order valence-electron chi connectivity index (χ4n) is 2.87. The van der Waals surface area contributed by atoms with Crippen LogP contribution in [-0.4, -0.2) is 18.6 Å². The molecular weight excluding hydrogens is 338 g/mol. The van der Waals surface area contributed by atoms with Crippen LogP contribution in [0.2, 0.25) is 5.02 Å². The lowest BCUT2D eigenvalue weighted by molar-refractivity contribution is 0.439. The zero-order valence-electron chi connectivity index (χ0n) is 12.8. The highest BCUT2D eigenvalue weighted by molar-refractivity contribution is 7.92. The molecule has 1 aliphatic carbocycles. The molecular formula is C15H18ClN3O3S. The number of anilines is 1. The molecule has 1 heterocycles. The van der Waals surface area contributed by atoms with Crippen LogP contribution in [0.3, 0.4) is 0 Å². The van der Waals surface area contributed by atoms with Gasteiger partial charge in [0.05, 0.1) is 4.90 Å². The Bertz CT molecular complexity index is 798. The van der Waals surface area contributed by atoms with Crippen LogP contribution in [0.5, 0.6) is 0 Å². The summed E-state index contributed by atoms with van der Waals surface area (Å²) < 4.78 is 32.6. The highest BCUT2D eigenvalue weighted by atomic mass is 35.5. The smallest absolute Gasteiger partial charge is 0.329 e. The van der Waals surface area contributed by atoms with Crippen LogP contribution in [0, 0.1) is 12.8 Å². The molecule has 1 N–H and O–H groups in total. The van der Waals surface area contributed by atoms with Crippen molar-refractivity contribution in [1.29, 1.82) is 0 Å². The molecule has 0 amide bonds. The molecule has 6 nitrogen and oxygen atoms in total. The van der Waals surface area contributed by atoms with Crippen LogP contribution < -0.4 is 4.72 Å². The van der Waals surface area contributed by atoms with Gasteiger partial charge in [0.25, 0.3) is 10.0 Å². The number of sulfonamides is 1. The third-order valence-corrected chi connectivity index (χ3v) is 5.76. The van der Waals surface area contributed by atoms with Crippen molar-refractivity contribution in [3.63, 3.8) is 0 Å². The number of hydrogen-bond donors (Lipinski definition) is 1. The minimum atomic E-state index is -3.81. The van der Waals surface area contributed by atoms with Gasteiger partial charge >= 0.3 is 6.01 Å². The number of nitrogens with one attached hydrogen (secondary N) is 1. The van der Waals surface area contributed by atoms with Crippen LogP contribution in [0.1, 0.15) is 37.1 Å². The van der Waals surface area contributed by atoms with Crippen molar-refractivity contribution in [3.8, 4) is 0 Å². The third kappa shape index (κ3) is 3.84. The van der Waals surface area contributed by atoms with Gasteiger partial charge in [-0.3, -0.25) is 0 Å². The Morgan fingerprint density at radius 1 is 1.30 bits per heavy atom. The van der Waals surface area contributed by atoms with Crippen LogP contribution in [0.25, 0.3) is 0 Å². The molecule has 1 aromatic carbocycles. The van der Waals surface area contributed by atoms with E-state index in [4.69, 9.17) is 16.0 Å². The van der Waals surface area contributed by atoms with Crippen molar-refractivity contribution in [2.45, 2.75) is 43.9 Å². The zero-order valence-corrected chi connectivity index (χ0v) is 14.3. The summed E-state index contributed by atoms with van der Waals surface area (Å²) in [6, 6.07) is 4.57. The number of aromatic nitrogens is 2. The normalized spacial score (nSPS) is 15.9. The maximum Gasteiger partial charge on any atom is 0.329 e. The van der Waals surface area contributed by atoms with Crippen LogP contribution in [-0.2, 0) is 16.4 Å². The van der Waals surface area contributed by atoms with Gasteiger partial charge in [-0.15, -0.1) is 5.10 Å². The first-order chi connectivity index (χ1) is 10.9. The van der Waals surface area contributed by atoms with E-state index in [-0.39, 0.29) is 10.9 Å². The first kappa shape index (κ1) is 16.3. The predicted molar refractivity (Wildman–Crippen MR) is 87.0 cm³/mol. The first-order valence-electron chi connectivity index (χ1n) is 7.55. The fourth-order valence-corrected chi connectivity index (χ4v) is 4.31. The average Bonchev–Trinajstić information content (AvgIpc) is 3.14. The number of halogens is 1. The third-order valence-electron chi connectivity index (χ3n) is 4.07. The van der Waals surface area contributed by atoms with Crippen molar-refractivity contribution < 1.29 is 12.8 Å². The van der Waals surface area contributed by atoms with Crippen molar-refractivity contribution >= 4 is 27.6 Å². The van der Waals surface area contributed by atoms with E-state index in [0.29, 0.717) is 28.8 Å². The first-order valence-corrected chi connectivity index (χ1v) is 9.41. The van der Waals surface area contributed by atoms with E-state index >= 15 is 0 Å². The number of benzene rings is 1. The quantitative estimate of drug-likeness (QED) is 0.886. The van der Waals surface area contributed by atoms with Crippen molar-refractivity contribution in [2.75, 3.05) is 4.72 Å². The maximum absolute atomic E-state index is 12.4. The summed E-state index contributed by atoms with van der Waals surface area (Å²) >= 11 is 5.88. The Morgan fingerprint density at radius 2 is 2.04 bits per heavy atom. The van der Waals surface area contributed by atoms with Gasteiger partial charge in [-0.25, -0.2) is 13.1 Å². The highest BCUT2D eigenvalue weighted by Crippen LogP contribution is 2.28. The molecule has 0 spiro atoms. The van der Waals surface area contributed by atoms with Crippen molar-refractivity contribution in [3.05, 3.63) is 34.7 Å². The lowest BCUT2D eigenvalue weighted by atomic mass is 10.0. The highest BCUT2D eigenvalue weighted by Gasteiger charge is 2.22. The summed E-state index contributed by atoms with van der Waals surface area (Å²) in [5.74, 6) is 1.02. The Morgan fingerprint density at radius 3 is 2.78 bits per heavy atom. The molecule has 0 radical (unpaired) electrons. The summed E-state index contributed by atoms with van der Waals surface area (Å²) in [4.78, 5) is 0.0977. The molecule has 0 aliphatic heterocycles. The fraction of sp³-hybridized carbons (Fsp3) is 0.467. The van der Waals surface area contributed by atoms with Crippen molar-refractivity contribution in [1.82, 2.24) is 10.2 Å². The summed E-state index contributed by atoms with van der Waals surface area (Å²) in [5.41, 5.74) is 0.590. The lowest BCUT2D eigenvalue weighted by Crippen LogP contribution is -2.14. The molecule has 1 aliphatic rings. The number of rotatable bonds is 5. The average molecular weight is 356 g/mol. The van der Waals surface area contributed by atoms with Gasteiger partial charge in [-0.1, -0.05) is 35.6 Å². The molecule has 8 heteroatoms. The van der Waals surface area contributed by atoms with Crippen LogP contribution in [0.15, 0.2) is 27.5 Å². The van der Waals surface area contributed by atoms with Crippen LogP contribution >= 0.6 is 11.6 Å². The minimum absolute atomic E-state index is 0.0977. The molecule has 0 saturated heterocycles. The van der Waals surface area contributed by atoms with E-state index in [1.807, 2.05) is 0 Å². The van der Waals surface area contributed by atoms with Crippen LogP contribution in [0.4, 0.5) is 6.01 Å². The maximum atomic E-state index is 12.4. The molecule has 0 atom stereocenters. The number of nitrogens with zero attached hydrogens (tertiary/aromatic N) is 2. The van der Waals surface area contributed by atoms with Gasteiger partial charge < -0.3 is 4.42 Å². The summed E-state index contributed by atoms with van der Waals surface area (Å²) in [7, 11) is -3.81. The van der Waals surface area contributed by atoms with E-state index in [2.05, 4.69) is 14.9 Å². The van der Waals surface area contributed by atoms with Gasteiger partial charge in [0.1, 0.15) is 0 Å². The SMILES string of the molecule is Cc1ccc(Cl)cc1S(=O)(=O)Nc1nnc(CC2CCCC2)o1. The number of hydrogen-bond acceptors (Lipinski definition) is 5.